The fourth-order valence-corrected chi connectivity index (χ4v) is 20.8. The number of benzene rings is 18. The van der Waals surface area contributed by atoms with Crippen molar-refractivity contribution in [1.29, 1.82) is 0 Å². The number of fused-ring (bicyclic) bond motifs is 24. The average molecular weight is 1480 g/mol. The Labute approximate surface area is 666 Å². The molecule has 0 bridgehead atoms. The molecule has 6 heteroatoms. The van der Waals surface area contributed by atoms with Crippen LogP contribution in [-0.4, -0.2) is 18.3 Å². The summed E-state index contributed by atoms with van der Waals surface area (Å²) in [6.07, 6.45) is 0. The van der Waals surface area contributed by atoms with Crippen molar-refractivity contribution in [3.63, 3.8) is 0 Å². The summed E-state index contributed by atoms with van der Waals surface area (Å²) in [5, 5.41) is 14.2. The number of rotatable bonds is 8. The predicted molar refractivity (Wildman–Crippen MR) is 479 cm³/mol. The van der Waals surface area contributed by atoms with E-state index in [-0.39, 0.29) is 0 Å². The van der Waals surface area contributed by atoms with Crippen molar-refractivity contribution in [2.24, 2.45) is 0 Å². The molecule has 0 aliphatic heterocycles. The molecule has 0 amide bonds. The van der Waals surface area contributed by atoms with Crippen LogP contribution < -0.4 is 0 Å². The molecule has 0 radical (unpaired) electrons. The summed E-state index contributed by atoms with van der Waals surface area (Å²) in [7, 11) is 0. The standard InChI is InChI=1S/2C55H34N2O/c1-4-16-35(17-5-1)55(36-18-6-2-7-19-36)47-25-13-10-22-39(47)40-29-28-38(30-48(40)55)57-49-26-14-11-23-41(49)43-31-44-45-33-54-46(42-24-12-15-27-53(42)58-54)32-50(45)56(52(44)34-51(43)57)37-20-8-3-9-21-37;1-3-15-35(16-4-1)55(47-23-11-7-19-39(47)40-20-8-12-24-48(40)55)36-27-29-38(30-28-36)56-49-25-13-9-21-41(49)43-31-44-45-33-54-46(42-22-10-14-26-53(42)58-54)32-50(45)57(52(44)34-51(43)56)37-17-5-2-6-18-37/h2*1-34H. The molecule has 116 heavy (non-hydrogen) atoms. The summed E-state index contributed by atoms with van der Waals surface area (Å²) in [6, 6.07) is 151. The molecular formula is C110H68N4O2. The summed E-state index contributed by atoms with van der Waals surface area (Å²) < 4.78 is 22.7. The molecule has 0 unspecified atom stereocenters. The minimum absolute atomic E-state index is 0.443. The number of aromatic nitrogens is 4. The Morgan fingerprint density at radius 3 is 0.888 bits per heavy atom. The van der Waals surface area contributed by atoms with Gasteiger partial charge in [-0.05, 0) is 188 Å². The van der Waals surface area contributed by atoms with Crippen LogP contribution in [0.1, 0.15) is 44.5 Å². The van der Waals surface area contributed by atoms with Gasteiger partial charge in [0.2, 0.25) is 0 Å². The first kappa shape index (κ1) is 64.4. The highest BCUT2D eigenvalue weighted by Crippen LogP contribution is 2.59. The third kappa shape index (κ3) is 8.95. The number of para-hydroxylation sites is 6. The lowest BCUT2D eigenvalue weighted by atomic mass is 9.67. The van der Waals surface area contributed by atoms with Crippen LogP contribution in [0.3, 0.4) is 0 Å². The largest absolute Gasteiger partial charge is 0.456 e. The molecular weight excluding hydrogens is 1410 g/mol. The van der Waals surface area contributed by atoms with Crippen LogP contribution in [0.4, 0.5) is 0 Å². The molecule has 6 heterocycles. The van der Waals surface area contributed by atoms with Crippen molar-refractivity contribution < 1.29 is 8.83 Å². The highest BCUT2D eigenvalue weighted by molar-refractivity contribution is 6.24. The van der Waals surface area contributed by atoms with Gasteiger partial charge in [-0.15, -0.1) is 0 Å². The van der Waals surface area contributed by atoms with Crippen LogP contribution in [0.2, 0.25) is 0 Å². The molecule has 0 saturated carbocycles. The van der Waals surface area contributed by atoms with E-state index in [0.29, 0.717) is 0 Å². The smallest absolute Gasteiger partial charge is 0.136 e. The average Bonchev–Trinajstić information content (AvgIpc) is 1.57. The highest BCUT2D eigenvalue weighted by Gasteiger charge is 2.48. The van der Waals surface area contributed by atoms with Crippen LogP contribution in [-0.2, 0) is 10.8 Å². The molecule has 26 rings (SSSR count). The molecule has 540 valence electrons. The summed E-state index contributed by atoms with van der Waals surface area (Å²) in [6.45, 7) is 0. The third-order valence-electron chi connectivity index (χ3n) is 25.6. The van der Waals surface area contributed by atoms with Crippen molar-refractivity contribution in [2.75, 3.05) is 0 Å². The molecule has 2 aliphatic rings. The van der Waals surface area contributed by atoms with E-state index in [2.05, 4.69) is 419 Å². The van der Waals surface area contributed by atoms with Gasteiger partial charge in [-0.1, -0.05) is 291 Å². The van der Waals surface area contributed by atoms with E-state index in [1.807, 2.05) is 12.1 Å². The van der Waals surface area contributed by atoms with Crippen LogP contribution in [0.25, 0.3) is 176 Å². The Morgan fingerprint density at radius 2 is 0.448 bits per heavy atom. The topological polar surface area (TPSA) is 46.0 Å². The maximum Gasteiger partial charge on any atom is 0.136 e. The first-order valence-corrected chi connectivity index (χ1v) is 40.0. The maximum atomic E-state index is 6.47. The van der Waals surface area contributed by atoms with E-state index in [1.54, 1.807) is 0 Å². The lowest BCUT2D eigenvalue weighted by Gasteiger charge is -2.34. The van der Waals surface area contributed by atoms with Crippen LogP contribution in [0.15, 0.2) is 421 Å². The molecule has 24 aromatic rings. The van der Waals surface area contributed by atoms with Gasteiger partial charge in [0.25, 0.3) is 0 Å². The zero-order valence-electron chi connectivity index (χ0n) is 62.9. The van der Waals surface area contributed by atoms with E-state index in [0.717, 1.165) is 88.7 Å². The molecule has 6 aromatic heterocycles. The summed E-state index contributed by atoms with van der Waals surface area (Å²) in [5.74, 6) is 0. The fraction of sp³-hybridized carbons (Fsp3) is 0.0182. The van der Waals surface area contributed by atoms with Gasteiger partial charge in [-0.3, -0.25) is 0 Å². The molecule has 0 fully saturated rings. The van der Waals surface area contributed by atoms with Gasteiger partial charge in [0.15, 0.2) is 0 Å². The molecule has 0 atom stereocenters. The third-order valence-corrected chi connectivity index (χ3v) is 25.6. The summed E-state index contributed by atoms with van der Waals surface area (Å²) in [5.41, 5.74) is 32.0. The normalized spacial score (nSPS) is 13.3. The number of furan rings is 2. The monoisotopic (exact) mass is 1480 g/mol. The minimum Gasteiger partial charge on any atom is -0.456 e. The molecule has 0 N–H and O–H groups in total. The van der Waals surface area contributed by atoms with Crippen molar-refractivity contribution in [3.05, 3.63) is 457 Å². The SMILES string of the molecule is c1ccc(-n2c3cc4c(cc3c3cc5c6ccccc6n(-c6ccc(C7(c8ccccc8)c8ccccc8-c8ccccc87)cc6)c5cc32)oc2ccccc24)cc1.c1ccc(-n2c3cc4c(cc3c3cc5c6ccccc6n(-c6ccc7c(c6)C(c6ccccc6)(c6ccccc6)c6ccccc6-7)c5cc32)oc2ccccc24)cc1. The van der Waals surface area contributed by atoms with E-state index in [1.165, 1.54) is 132 Å². The Bertz CT molecular complexity index is 8100. The predicted octanol–water partition coefficient (Wildman–Crippen LogP) is 28.3. The van der Waals surface area contributed by atoms with Gasteiger partial charge in [0.05, 0.1) is 55.0 Å². The maximum absolute atomic E-state index is 6.47. The Morgan fingerprint density at radius 1 is 0.155 bits per heavy atom. The fourth-order valence-electron chi connectivity index (χ4n) is 20.8. The van der Waals surface area contributed by atoms with Crippen molar-refractivity contribution in [3.8, 4) is 45.0 Å². The number of hydrogen-bond acceptors (Lipinski definition) is 2. The lowest BCUT2D eigenvalue weighted by Crippen LogP contribution is -2.28. The van der Waals surface area contributed by atoms with Gasteiger partial charge in [-0.25, -0.2) is 0 Å². The number of nitrogens with zero attached hydrogens (tertiary/aromatic N) is 4. The molecule has 2 aliphatic carbocycles. The van der Waals surface area contributed by atoms with Gasteiger partial charge in [-0.2, -0.15) is 0 Å². The first-order chi connectivity index (χ1) is 57.5. The second-order valence-corrected chi connectivity index (χ2v) is 31.3. The molecule has 0 spiro atoms. The van der Waals surface area contributed by atoms with Gasteiger partial charge in [0, 0.05) is 87.4 Å². The zero-order chi connectivity index (χ0) is 75.9. The van der Waals surface area contributed by atoms with Crippen LogP contribution in [0, 0.1) is 0 Å². The molecule has 6 nitrogen and oxygen atoms in total. The van der Waals surface area contributed by atoms with Gasteiger partial charge in [0.1, 0.15) is 22.3 Å². The first-order valence-electron chi connectivity index (χ1n) is 40.0. The van der Waals surface area contributed by atoms with Gasteiger partial charge < -0.3 is 27.1 Å². The van der Waals surface area contributed by atoms with E-state index < -0.39 is 10.8 Å². The minimum atomic E-state index is -0.489. The van der Waals surface area contributed by atoms with E-state index in [4.69, 9.17) is 8.83 Å². The molecule has 0 saturated heterocycles. The van der Waals surface area contributed by atoms with Crippen molar-refractivity contribution >= 4 is 131 Å². The number of hydrogen-bond donors (Lipinski definition) is 0. The van der Waals surface area contributed by atoms with Crippen LogP contribution >= 0.6 is 0 Å². The van der Waals surface area contributed by atoms with Gasteiger partial charge >= 0.3 is 0 Å². The molecule has 18 aromatic carbocycles. The van der Waals surface area contributed by atoms with Crippen LogP contribution in [0.5, 0.6) is 0 Å². The Kier molecular flexibility index (Phi) is 13.7. The van der Waals surface area contributed by atoms with Crippen molar-refractivity contribution in [2.45, 2.75) is 10.8 Å². The van der Waals surface area contributed by atoms with Crippen molar-refractivity contribution in [1.82, 2.24) is 18.3 Å². The lowest BCUT2D eigenvalue weighted by molar-refractivity contribution is 0.669. The second-order valence-electron chi connectivity index (χ2n) is 31.3. The summed E-state index contributed by atoms with van der Waals surface area (Å²) in [4.78, 5) is 0. The zero-order valence-corrected chi connectivity index (χ0v) is 62.9. The quantitative estimate of drug-likeness (QED) is 0.152. The Balaban J connectivity index is 0.000000130. The highest BCUT2D eigenvalue weighted by atomic mass is 16.3. The second kappa shape index (κ2) is 24.6. The summed E-state index contributed by atoms with van der Waals surface area (Å²) >= 11 is 0. The van der Waals surface area contributed by atoms with E-state index in [9.17, 15) is 0 Å². The van der Waals surface area contributed by atoms with E-state index >= 15 is 0 Å². The Hall–Kier alpha value is -15.2.